The molecule has 1 aromatic heterocycles. The topological polar surface area (TPSA) is 118 Å². The predicted octanol–water partition coefficient (Wildman–Crippen LogP) is -0.598. The van der Waals surface area contributed by atoms with Crippen molar-refractivity contribution in [3.05, 3.63) is 47.8 Å². The number of morpholine rings is 1. The van der Waals surface area contributed by atoms with E-state index in [0.717, 1.165) is 31.4 Å². The number of aromatic carboxylic acids is 1. The third-order valence-corrected chi connectivity index (χ3v) is 4.95. The molecule has 0 amide bonds. The number of ether oxygens (including phenoxy) is 1. The number of carbonyl (C=O) groups is 1. The van der Waals surface area contributed by atoms with E-state index >= 15 is 0 Å². The van der Waals surface area contributed by atoms with E-state index in [1.165, 1.54) is 6.07 Å². The summed E-state index contributed by atoms with van der Waals surface area (Å²) >= 11 is 0. The summed E-state index contributed by atoms with van der Waals surface area (Å²) in [7, 11) is -4.22. The average molecular weight is 364 g/mol. The van der Waals surface area contributed by atoms with Gasteiger partial charge in [0.1, 0.15) is 0 Å². The first-order valence-corrected chi connectivity index (χ1v) is 9.22. The predicted molar refractivity (Wildman–Crippen MR) is 88.8 cm³/mol. The van der Waals surface area contributed by atoms with Gasteiger partial charge >= 0.3 is 10.2 Å². The van der Waals surface area contributed by atoms with Gasteiger partial charge in [0.05, 0.1) is 24.9 Å². The minimum Gasteiger partial charge on any atom is -0.543 e. The van der Waals surface area contributed by atoms with Gasteiger partial charge in [-0.3, -0.25) is 4.90 Å². The maximum Gasteiger partial charge on any atom is 0.302 e. The van der Waals surface area contributed by atoms with Crippen molar-refractivity contribution in [1.82, 2.24) is 8.87 Å². The molecule has 0 bridgehead atoms. The van der Waals surface area contributed by atoms with E-state index in [2.05, 4.69) is 4.90 Å². The summed E-state index contributed by atoms with van der Waals surface area (Å²) in [6, 6.07) is 8.68. The van der Waals surface area contributed by atoms with Crippen LogP contribution < -0.4 is 10.2 Å². The van der Waals surface area contributed by atoms with E-state index in [4.69, 9.17) is 9.88 Å². The molecular weight excluding hydrogens is 346 g/mol. The highest BCUT2D eigenvalue weighted by Crippen LogP contribution is 2.26. The van der Waals surface area contributed by atoms with Gasteiger partial charge < -0.3 is 14.6 Å². The lowest BCUT2D eigenvalue weighted by Gasteiger charge is -2.26. The van der Waals surface area contributed by atoms with Crippen LogP contribution in [0.25, 0.3) is 11.1 Å². The zero-order chi connectivity index (χ0) is 18.0. The number of carboxylic acids is 1. The number of rotatable bonds is 5. The quantitative estimate of drug-likeness (QED) is 0.757. The highest BCUT2D eigenvalue weighted by atomic mass is 32.2. The molecule has 9 heteroatoms. The van der Waals surface area contributed by atoms with Crippen LogP contribution in [0.1, 0.15) is 16.1 Å². The maximum atomic E-state index is 11.5. The smallest absolute Gasteiger partial charge is 0.302 e. The van der Waals surface area contributed by atoms with E-state index in [-0.39, 0.29) is 5.56 Å². The normalized spacial score (nSPS) is 16.0. The maximum absolute atomic E-state index is 11.5. The van der Waals surface area contributed by atoms with Crippen molar-refractivity contribution in [2.75, 3.05) is 26.3 Å². The van der Waals surface area contributed by atoms with Crippen LogP contribution in [-0.4, -0.2) is 49.6 Å². The number of benzene rings is 1. The number of hydrogen-bond acceptors (Lipinski definition) is 6. The van der Waals surface area contributed by atoms with Gasteiger partial charge in [0, 0.05) is 31.4 Å². The first-order valence-electron chi connectivity index (χ1n) is 7.71. The fourth-order valence-electron chi connectivity index (χ4n) is 2.87. The average Bonchev–Trinajstić information content (AvgIpc) is 3.02. The standard InChI is InChI=1S/C16H19N3O5S/c17-25(22,23)19-6-5-14(15(19)16(20)21)13-3-1-12(2-4-13)11-18-7-9-24-10-8-18/h1-6H,7-11H2,(H,20,21)(H2,17,22,23)/p-1. The zero-order valence-corrected chi connectivity index (χ0v) is 14.2. The number of hydrogen-bond donors (Lipinski definition) is 1. The van der Waals surface area contributed by atoms with Crippen LogP contribution in [0.3, 0.4) is 0 Å². The summed E-state index contributed by atoms with van der Waals surface area (Å²) in [5.41, 5.74) is 1.41. The highest BCUT2D eigenvalue weighted by molar-refractivity contribution is 7.87. The second-order valence-electron chi connectivity index (χ2n) is 5.79. The number of carbonyl (C=O) groups excluding carboxylic acids is 1. The van der Waals surface area contributed by atoms with Crippen LogP contribution in [0.2, 0.25) is 0 Å². The lowest BCUT2D eigenvalue weighted by Crippen LogP contribution is -2.35. The molecule has 1 aliphatic heterocycles. The molecule has 1 saturated heterocycles. The number of nitrogens with two attached hydrogens (primary N) is 1. The van der Waals surface area contributed by atoms with Gasteiger partial charge in [-0.15, -0.1) is 0 Å². The molecule has 2 aromatic rings. The Balaban J connectivity index is 1.87. The fourth-order valence-corrected chi connectivity index (χ4v) is 3.52. The second kappa shape index (κ2) is 6.96. The van der Waals surface area contributed by atoms with Crippen molar-refractivity contribution in [1.29, 1.82) is 0 Å². The molecule has 1 fully saturated rings. The molecular formula is C16H18N3O5S-. The Morgan fingerprint density at radius 3 is 2.36 bits per heavy atom. The van der Waals surface area contributed by atoms with Crippen molar-refractivity contribution < 1.29 is 23.1 Å². The van der Waals surface area contributed by atoms with Crippen LogP contribution >= 0.6 is 0 Å². The molecule has 25 heavy (non-hydrogen) atoms. The summed E-state index contributed by atoms with van der Waals surface area (Å²) in [6.07, 6.45) is 1.11. The fraction of sp³-hybridized carbons (Fsp3) is 0.312. The van der Waals surface area contributed by atoms with Gasteiger partial charge in [-0.25, -0.2) is 9.11 Å². The molecule has 0 radical (unpaired) electrons. The molecule has 0 unspecified atom stereocenters. The minimum atomic E-state index is -4.22. The number of nitrogens with zero attached hydrogens (tertiary/aromatic N) is 2. The lowest BCUT2D eigenvalue weighted by molar-refractivity contribution is -0.255. The Labute approximate surface area is 145 Å². The van der Waals surface area contributed by atoms with E-state index in [1.807, 2.05) is 12.1 Å². The van der Waals surface area contributed by atoms with Gasteiger partial charge in [-0.2, -0.15) is 8.42 Å². The Bertz CT molecular complexity index is 868. The van der Waals surface area contributed by atoms with Crippen LogP contribution in [0.5, 0.6) is 0 Å². The van der Waals surface area contributed by atoms with Gasteiger partial charge in [0.25, 0.3) is 0 Å². The molecule has 134 valence electrons. The Morgan fingerprint density at radius 1 is 1.16 bits per heavy atom. The third-order valence-electron chi connectivity index (χ3n) is 4.09. The summed E-state index contributed by atoms with van der Waals surface area (Å²) in [6.45, 7) is 3.94. The molecule has 1 aromatic carbocycles. The van der Waals surface area contributed by atoms with E-state index < -0.39 is 21.9 Å². The van der Waals surface area contributed by atoms with E-state index in [0.29, 0.717) is 22.7 Å². The van der Waals surface area contributed by atoms with Crippen molar-refractivity contribution in [2.45, 2.75) is 6.54 Å². The van der Waals surface area contributed by atoms with Crippen molar-refractivity contribution >= 4 is 16.2 Å². The summed E-state index contributed by atoms with van der Waals surface area (Å²) in [5, 5.41) is 16.4. The summed E-state index contributed by atoms with van der Waals surface area (Å²) < 4.78 is 28.9. The van der Waals surface area contributed by atoms with E-state index in [1.54, 1.807) is 12.1 Å². The number of aromatic nitrogens is 1. The number of carboxylic acid groups (broad SMARTS) is 1. The minimum absolute atomic E-state index is 0.243. The van der Waals surface area contributed by atoms with Crippen LogP contribution in [-0.2, 0) is 21.5 Å². The molecule has 8 nitrogen and oxygen atoms in total. The van der Waals surface area contributed by atoms with Gasteiger partial charge in [-0.05, 0) is 17.2 Å². The van der Waals surface area contributed by atoms with Gasteiger partial charge in [-0.1, -0.05) is 24.3 Å². The first-order chi connectivity index (χ1) is 11.9. The SMILES string of the molecule is NS(=O)(=O)n1ccc(-c2ccc(CN3CCOCC3)cc2)c1C(=O)[O-]. The van der Waals surface area contributed by atoms with Crippen molar-refractivity contribution in [3.63, 3.8) is 0 Å². The Kier molecular flexibility index (Phi) is 4.91. The second-order valence-corrected chi connectivity index (χ2v) is 7.22. The van der Waals surface area contributed by atoms with Crippen LogP contribution in [0, 0.1) is 0 Å². The molecule has 0 spiro atoms. The molecule has 2 heterocycles. The first kappa shape index (κ1) is 17.6. The van der Waals surface area contributed by atoms with Crippen molar-refractivity contribution in [3.8, 4) is 11.1 Å². The molecule has 0 atom stereocenters. The Hall–Kier alpha value is -2.20. The lowest BCUT2D eigenvalue weighted by atomic mass is 10.0. The molecule has 2 N–H and O–H groups in total. The highest BCUT2D eigenvalue weighted by Gasteiger charge is 2.18. The molecule has 3 rings (SSSR count). The zero-order valence-electron chi connectivity index (χ0n) is 13.4. The van der Waals surface area contributed by atoms with Crippen LogP contribution in [0.4, 0.5) is 0 Å². The molecule has 0 saturated carbocycles. The van der Waals surface area contributed by atoms with Gasteiger partial charge in [0.15, 0.2) is 0 Å². The van der Waals surface area contributed by atoms with E-state index in [9.17, 15) is 18.3 Å². The summed E-state index contributed by atoms with van der Waals surface area (Å²) in [4.78, 5) is 13.6. The largest absolute Gasteiger partial charge is 0.543 e. The molecule has 1 aliphatic rings. The van der Waals surface area contributed by atoms with Gasteiger partial charge in [0.2, 0.25) is 0 Å². The Morgan fingerprint density at radius 2 is 1.80 bits per heavy atom. The monoisotopic (exact) mass is 364 g/mol. The van der Waals surface area contributed by atoms with Crippen molar-refractivity contribution in [2.24, 2.45) is 5.14 Å². The molecule has 0 aliphatic carbocycles. The third kappa shape index (κ3) is 3.90. The summed E-state index contributed by atoms with van der Waals surface area (Å²) in [5.74, 6) is -1.61. The van der Waals surface area contributed by atoms with Crippen LogP contribution in [0.15, 0.2) is 36.5 Å².